The van der Waals surface area contributed by atoms with Gasteiger partial charge in [-0.3, -0.25) is 0 Å². The molecule has 308 valence electrons. The molecule has 55 heavy (non-hydrogen) atoms. The second-order valence-corrected chi connectivity index (χ2v) is 17.0. The Bertz CT molecular complexity index is 1510. The zero-order valence-electron chi connectivity index (χ0n) is 36.2. The minimum Gasteiger partial charge on any atom is -0.494 e. The van der Waals surface area contributed by atoms with E-state index in [1.165, 1.54) is 5.56 Å². The molecule has 0 heterocycles. The molecule has 8 nitrogen and oxygen atoms in total. The van der Waals surface area contributed by atoms with Gasteiger partial charge < -0.3 is 23.7 Å². The van der Waals surface area contributed by atoms with E-state index in [1.54, 1.807) is 48.5 Å². The molecule has 3 aromatic carbocycles. The van der Waals surface area contributed by atoms with Crippen LogP contribution in [0.4, 0.5) is 0 Å². The van der Waals surface area contributed by atoms with Gasteiger partial charge >= 0.3 is 17.9 Å². The molecule has 3 aromatic rings. The van der Waals surface area contributed by atoms with Gasteiger partial charge in [-0.05, 0) is 159 Å². The smallest absolute Gasteiger partial charge is 0.339 e. The first-order chi connectivity index (χ1) is 24.8. The van der Waals surface area contributed by atoms with Crippen LogP contribution < -0.4 is 9.47 Å². The fourth-order valence-electron chi connectivity index (χ4n) is 4.90. The van der Waals surface area contributed by atoms with Gasteiger partial charge in [-0.15, -0.1) is 0 Å². The SMILES string of the molecule is C.CC(C)c1cc(C(C)C)c(C(=O)OC(C)(C)C)c(C(C)C)c1.CCOc1ccc(C(=O)OC(C)(C)C)cc1.CCOc1ccc(C(=O)OC(C)(C)C)cc1. The van der Waals surface area contributed by atoms with Crippen LogP contribution in [0.15, 0.2) is 60.7 Å². The van der Waals surface area contributed by atoms with Gasteiger partial charge in [-0.1, -0.05) is 61.1 Å². The van der Waals surface area contributed by atoms with Crippen LogP contribution >= 0.6 is 0 Å². The van der Waals surface area contributed by atoms with Crippen molar-refractivity contribution in [3.63, 3.8) is 0 Å². The molecule has 0 aliphatic heterocycles. The average Bonchev–Trinajstić information content (AvgIpc) is 3.03. The highest BCUT2D eigenvalue weighted by Gasteiger charge is 2.26. The van der Waals surface area contributed by atoms with Gasteiger partial charge in [-0.2, -0.15) is 0 Å². The molecule has 3 rings (SSSR count). The first-order valence-electron chi connectivity index (χ1n) is 19.1. The number of hydrogen-bond acceptors (Lipinski definition) is 8. The van der Waals surface area contributed by atoms with Crippen molar-refractivity contribution in [3.05, 3.63) is 94.0 Å². The lowest BCUT2D eigenvalue weighted by atomic mass is 9.84. The second kappa shape index (κ2) is 22.3. The lowest BCUT2D eigenvalue weighted by Crippen LogP contribution is -2.26. The van der Waals surface area contributed by atoms with E-state index in [-0.39, 0.29) is 25.3 Å². The second-order valence-electron chi connectivity index (χ2n) is 17.0. The molecule has 0 aliphatic rings. The third kappa shape index (κ3) is 19.2. The molecule has 0 bridgehead atoms. The highest BCUT2D eigenvalue weighted by Crippen LogP contribution is 2.33. The zero-order chi connectivity index (χ0) is 41.6. The molecule has 0 atom stereocenters. The predicted molar refractivity (Wildman–Crippen MR) is 226 cm³/mol. The minimum atomic E-state index is -0.476. The molecule has 0 amide bonds. The highest BCUT2D eigenvalue weighted by molar-refractivity contribution is 5.94. The summed E-state index contributed by atoms with van der Waals surface area (Å²) < 4.78 is 26.7. The molecule has 0 fully saturated rings. The van der Waals surface area contributed by atoms with Crippen molar-refractivity contribution < 1.29 is 38.1 Å². The summed E-state index contributed by atoms with van der Waals surface area (Å²) in [6, 6.07) is 18.3. The van der Waals surface area contributed by atoms with Gasteiger partial charge in [0.25, 0.3) is 0 Å². The number of ether oxygens (including phenoxy) is 5. The van der Waals surface area contributed by atoms with Gasteiger partial charge in [0.1, 0.15) is 28.3 Å². The number of carbonyl (C=O) groups is 3. The summed E-state index contributed by atoms with van der Waals surface area (Å²) in [6.07, 6.45) is 0. The fourth-order valence-corrected chi connectivity index (χ4v) is 4.90. The average molecular weight is 765 g/mol. The normalized spacial score (nSPS) is 11.3. The van der Waals surface area contributed by atoms with Crippen LogP contribution in [-0.2, 0) is 14.2 Å². The molecule has 0 N–H and O–H groups in total. The Morgan fingerprint density at radius 3 is 1.02 bits per heavy atom. The maximum Gasteiger partial charge on any atom is 0.339 e. The summed E-state index contributed by atoms with van der Waals surface area (Å²) in [6.45, 7) is 34.8. The van der Waals surface area contributed by atoms with E-state index >= 15 is 0 Å². The maximum atomic E-state index is 12.8. The van der Waals surface area contributed by atoms with Crippen molar-refractivity contribution in [3.8, 4) is 11.5 Å². The Hall–Kier alpha value is -4.33. The summed E-state index contributed by atoms with van der Waals surface area (Å²) in [5.74, 6) is 1.73. The van der Waals surface area contributed by atoms with Crippen molar-refractivity contribution in [1.29, 1.82) is 0 Å². The van der Waals surface area contributed by atoms with Crippen molar-refractivity contribution in [2.24, 2.45) is 0 Å². The van der Waals surface area contributed by atoms with E-state index in [2.05, 4.69) is 53.7 Å². The van der Waals surface area contributed by atoms with Crippen molar-refractivity contribution >= 4 is 17.9 Å². The Labute approximate surface area is 333 Å². The standard InChI is InChI=1S/C20H32O2.2C13H18O3.CH4/c1-12(2)15-10-16(13(3)4)18(17(11-15)14(5)6)19(21)22-20(7,8)9;2*1-5-15-11-8-6-10(7-9-11)12(14)16-13(2,3)4;/h10-14H,1-9H3;2*6-9H,5H2,1-4H3;1H4. The topological polar surface area (TPSA) is 97.4 Å². The molecule has 0 aromatic heterocycles. The Morgan fingerprint density at radius 2 is 0.782 bits per heavy atom. The third-order valence-corrected chi connectivity index (χ3v) is 7.34. The Balaban J connectivity index is 0.000000803. The summed E-state index contributed by atoms with van der Waals surface area (Å²) in [5.41, 5.74) is 3.94. The maximum absolute atomic E-state index is 12.8. The summed E-state index contributed by atoms with van der Waals surface area (Å²) >= 11 is 0. The van der Waals surface area contributed by atoms with Crippen LogP contribution in [0.25, 0.3) is 0 Å². The molecular weight excluding hydrogens is 693 g/mol. The van der Waals surface area contributed by atoms with Crippen LogP contribution in [0.3, 0.4) is 0 Å². The van der Waals surface area contributed by atoms with E-state index in [4.69, 9.17) is 23.7 Å². The highest BCUT2D eigenvalue weighted by atomic mass is 16.6. The van der Waals surface area contributed by atoms with Gasteiger partial charge in [0.05, 0.1) is 29.9 Å². The van der Waals surface area contributed by atoms with Gasteiger partial charge in [0, 0.05) is 0 Å². The molecular formula is C47H72O8. The molecule has 0 radical (unpaired) electrons. The van der Waals surface area contributed by atoms with Crippen LogP contribution in [0.2, 0.25) is 0 Å². The summed E-state index contributed by atoms with van der Waals surface area (Å²) in [5, 5.41) is 0. The quantitative estimate of drug-likeness (QED) is 0.149. The predicted octanol–water partition coefficient (Wildman–Crippen LogP) is 12.7. The van der Waals surface area contributed by atoms with Crippen LogP contribution in [0.5, 0.6) is 11.5 Å². The zero-order valence-corrected chi connectivity index (χ0v) is 36.2. The lowest BCUT2D eigenvalue weighted by molar-refractivity contribution is 0.00547. The number of benzene rings is 3. The number of hydrogen-bond donors (Lipinski definition) is 0. The first kappa shape index (κ1) is 50.7. The van der Waals surface area contributed by atoms with Gasteiger partial charge in [0.2, 0.25) is 0 Å². The van der Waals surface area contributed by atoms with Crippen molar-refractivity contribution in [2.45, 2.75) is 160 Å². The van der Waals surface area contributed by atoms with E-state index in [9.17, 15) is 14.4 Å². The van der Waals surface area contributed by atoms with Gasteiger partial charge in [0.15, 0.2) is 0 Å². The molecule has 8 heteroatoms. The Morgan fingerprint density at radius 1 is 0.491 bits per heavy atom. The largest absolute Gasteiger partial charge is 0.494 e. The van der Waals surface area contributed by atoms with E-state index in [0.29, 0.717) is 42.1 Å². The van der Waals surface area contributed by atoms with E-state index in [0.717, 1.165) is 28.2 Å². The Kier molecular flexibility index (Phi) is 20.5. The van der Waals surface area contributed by atoms with Crippen molar-refractivity contribution in [2.75, 3.05) is 13.2 Å². The monoisotopic (exact) mass is 765 g/mol. The number of rotatable bonds is 10. The summed E-state index contributed by atoms with van der Waals surface area (Å²) in [4.78, 5) is 36.1. The summed E-state index contributed by atoms with van der Waals surface area (Å²) in [7, 11) is 0. The van der Waals surface area contributed by atoms with Crippen molar-refractivity contribution in [1.82, 2.24) is 0 Å². The number of esters is 3. The third-order valence-electron chi connectivity index (χ3n) is 7.34. The molecule has 0 saturated heterocycles. The molecule has 0 spiro atoms. The van der Waals surface area contributed by atoms with Crippen LogP contribution in [0.1, 0.15) is 191 Å². The first-order valence-corrected chi connectivity index (χ1v) is 19.1. The van der Waals surface area contributed by atoms with Crippen LogP contribution in [0, 0.1) is 0 Å². The van der Waals surface area contributed by atoms with E-state index < -0.39 is 16.8 Å². The van der Waals surface area contributed by atoms with Crippen LogP contribution in [-0.4, -0.2) is 47.9 Å². The lowest BCUT2D eigenvalue weighted by Gasteiger charge is -2.25. The molecule has 0 aliphatic carbocycles. The van der Waals surface area contributed by atoms with E-state index in [1.807, 2.05) is 76.2 Å². The molecule has 0 unspecified atom stereocenters. The fraction of sp³-hybridized carbons (Fsp3) is 0.553. The number of carbonyl (C=O) groups excluding carboxylic acids is 3. The van der Waals surface area contributed by atoms with Gasteiger partial charge in [-0.25, -0.2) is 14.4 Å². The minimum absolute atomic E-state index is 0. The molecule has 0 saturated carbocycles.